The molecule has 0 unspecified atom stereocenters. The summed E-state index contributed by atoms with van der Waals surface area (Å²) in [4.78, 5) is 15.6. The van der Waals surface area contributed by atoms with Crippen molar-refractivity contribution in [1.82, 2.24) is 10.1 Å². The first kappa shape index (κ1) is 12.3. The lowest BCUT2D eigenvalue weighted by Crippen LogP contribution is -2.23. The van der Waals surface area contributed by atoms with E-state index in [1.165, 1.54) is 0 Å². The van der Waals surface area contributed by atoms with E-state index in [4.69, 9.17) is 9.26 Å². The number of pyridine rings is 1. The molecule has 2 heterocycles. The lowest BCUT2D eigenvalue weighted by atomic mass is 10.2. The van der Waals surface area contributed by atoms with Gasteiger partial charge in [0.25, 0.3) is 0 Å². The zero-order chi connectivity index (χ0) is 13.2. The molecule has 0 saturated heterocycles. The van der Waals surface area contributed by atoms with Crippen LogP contribution in [0.4, 0.5) is 0 Å². The van der Waals surface area contributed by atoms with E-state index < -0.39 is 11.6 Å². The molecule has 0 aliphatic heterocycles. The molecule has 0 radical (unpaired) electrons. The van der Waals surface area contributed by atoms with Crippen LogP contribution in [-0.2, 0) is 4.74 Å². The maximum absolute atomic E-state index is 11.7. The Morgan fingerprint density at radius 2 is 1.94 bits per heavy atom. The minimum Gasteiger partial charge on any atom is -0.454 e. The second-order valence-electron chi connectivity index (χ2n) is 4.81. The van der Waals surface area contributed by atoms with Crippen molar-refractivity contribution in [2.45, 2.75) is 26.4 Å². The molecule has 0 N–H and O–H groups in total. The maximum atomic E-state index is 11.7. The van der Waals surface area contributed by atoms with Crippen LogP contribution < -0.4 is 0 Å². The summed E-state index contributed by atoms with van der Waals surface area (Å²) in [5.74, 6) is -0.424. The molecule has 18 heavy (non-hydrogen) atoms. The van der Waals surface area contributed by atoms with Crippen molar-refractivity contribution in [1.29, 1.82) is 0 Å². The minimum atomic E-state index is -0.555. The fraction of sp³-hybridized carbons (Fsp3) is 0.308. The van der Waals surface area contributed by atoms with Crippen molar-refractivity contribution >= 4 is 5.97 Å². The third-order valence-electron chi connectivity index (χ3n) is 2.09. The van der Waals surface area contributed by atoms with Crippen LogP contribution in [0.1, 0.15) is 31.3 Å². The fourth-order valence-corrected chi connectivity index (χ4v) is 1.36. The molecule has 0 aliphatic carbocycles. The van der Waals surface area contributed by atoms with Crippen LogP contribution in [0.2, 0.25) is 0 Å². The number of hydrogen-bond donors (Lipinski definition) is 0. The van der Waals surface area contributed by atoms with Gasteiger partial charge in [-0.05, 0) is 32.9 Å². The third-order valence-corrected chi connectivity index (χ3v) is 2.09. The number of rotatable bonds is 2. The predicted octanol–water partition coefficient (Wildman–Crippen LogP) is 2.69. The van der Waals surface area contributed by atoms with Gasteiger partial charge < -0.3 is 9.26 Å². The molecule has 0 amide bonds. The summed E-state index contributed by atoms with van der Waals surface area (Å²) in [5, 5.41) is 3.83. The highest BCUT2D eigenvalue weighted by atomic mass is 16.6. The average molecular weight is 246 g/mol. The molecule has 2 aromatic heterocycles. The molecule has 0 bridgehead atoms. The van der Waals surface area contributed by atoms with Crippen molar-refractivity contribution < 1.29 is 14.1 Å². The molecule has 94 valence electrons. The quantitative estimate of drug-likeness (QED) is 0.762. The van der Waals surface area contributed by atoms with Gasteiger partial charge >= 0.3 is 5.97 Å². The first-order chi connectivity index (χ1) is 8.46. The van der Waals surface area contributed by atoms with Crippen LogP contribution in [0, 0.1) is 0 Å². The van der Waals surface area contributed by atoms with Crippen molar-refractivity contribution in [3.63, 3.8) is 0 Å². The van der Waals surface area contributed by atoms with Gasteiger partial charge in [0, 0.05) is 24.0 Å². The average Bonchev–Trinajstić information content (AvgIpc) is 2.77. The van der Waals surface area contributed by atoms with Gasteiger partial charge in [-0.3, -0.25) is 4.98 Å². The normalized spacial score (nSPS) is 11.3. The SMILES string of the molecule is CC(C)(C)OC(=O)c1cc(-c2ccncc2)no1. The van der Waals surface area contributed by atoms with Gasteiger partial charge in [0.15, 0.2) is 0 Å². The van der Waals surface area contributed by atoms with Gasteiger partial charge in [-0.25, -0.2) is 4.79 Å². The molecule has 5 heteroatoms. The van der Waals surface area contributed by atoms with Gasteiger partial charge in [-0.15, -0.1) is 0 Å². The Hall–Kier alpha value is -2.17. The fourth-order valence-electron chi connectivity index (χ4n) is 1.36. The second-order valence-corrected chi connectivity index (χ2v) is 4.81. The first-order valence-corrected chi connectivity index (χ1v) is 5.56. The molecular formula is C13H14N2O3. The molecule has 5 nitrogen and oxygen atoms in total. The molecule has 0 saturated carbocycles. The largest absolute Gasteiger partial charge is 0.454 e. The zero-order valence-electron chi connectivity index (χ0n) is 10.5. The second kappa shape index (κ2) is 4.60. The summed E-state index contributed by atoms with van der Waals surface area (Å²) in [7, 11) is 0. The van der Waals surface area contributed by atoms with Crippen LogP contribution in [-0.4, -0.2) is 21.7 Å². The lowest BCUT2D eigenvalue weighted by Gasteiger charge is -2.17. The summed E-state index contributed by atoms with van der Waals surface area (Å²) >= 11 is 0. The Labute approximate surface area is 105 Å². The number of hydrogen-bond acceptors (Lipinski definition) is 5. The summed E-state index contributed by atoms with van der Waals surface area (Å²) in [6, 6.07) is 5.14. The number of nitrogens with zero attached hydrogens (tertiary/aromatic N) is 2. The highest BCUT2D eigenvalue weighted by Crippen LogP contribution is 2.19. The molecule has 0 atom stereocenters. The Bertz CT molecular complexity index is 541. The zero-order valence-corrected chi connectivity index (χ0v) is 10.5. The number of carbonyl (C=O) groups is 1. The summed E-state index contributed by atoms with van der Waals surface area (Å²) in [6.45, 7) is 5.39. The number of esters is 1. The van der Waals surface area contributed by atoms with E-state index in [-0.39, 0.29) is 5.76 Å². The summed E-state index contributed by atoms with van der Waals surface area (Å²) < 4.78 is 10.2. The Kier molecular flexibility index (Phi) is 3.14. The summed E-state index contributed by atoms with van der Waals surface area (Å²) in [5.41, 5.74) is 0.863. The van der Waals surface area contributed by atoms with Gasteiger partial charge in [-0.2, -0.15) is 0 Å². The van der Waals surface area contributed by atoms with E-state index in [0.29, 0.717) is 5.69 Å². The first-order valence-electron chi connectivity index (χ1n) is 5.56. The van der Waals surface area contributed by atoms with Gasteiger partial charge in [0.05, 0.1) is 0 Å². The van der Waals surface area contributed by atoms with E-state index in [0.717, 1.165) is 5.56 Å². The number of aromatic nitrogens is 2. The number of carbonyl (C=O) groups excluding carboxylic acids is 1. The van der Waals surface area contributed by atoms with Crippen LogP contribution in [0.15, 0.2) is 35.1 Å². The summed E-state index contributed by atoms with van der Waals surface area (Å²) in [6.07, 6.45) is 3.30. The van der Waals surface area contributed by atoms with E-state index in [1.54, 1.807) is 51.4 Å². The molecule has 0 fully saturated rings. The highest BCUT2D eigenvalue weighted by molar-refractivity contribution is 5.87. The molecule has 0 spiro atoms. The lowest BCUT2D eigenvalue weighted by molar-refractivity contribution is 0.00277. The third kappa shape index (κ3) is 2.94. The topological polar surface area (TPSA) is 65.2 Å². The van der Waals surface area contributed by atoms with Gasteiger partial charge in [0.2, 0.25) is 5.76 Å². The Morgan fingerprint density at radius 3 is 2.56 bits per heavy atom. The predicted molar refractivity (Wildman–Crippen MR) is 64.9 cm³/mol. The number of ether oxygens (including phenoxy) is 1. The minimum absolute atomic E-state index is 0.0942. The van der Waals surface area contributed by atoms with Crippen molar-refractivity contribution in [3.8, 4) is 11.3 Å². The van der Waals surface area contributed by atoms with Crippen LogP contribution >= 0.6 is 0 Å². The Morgan fingerprint density at radius 1 is 1.28 bits per heavy atom. The van der Waals surface area contributed by atoms with Gasteiger partial charge in [0.1, 0.15) is 11.3 Å². The Balaban J connectivity index is 2.19. The van der Waals surface area contributed by atoms with E-state index >= 15 is 0 Å². The monoisotopic (exact) mass is 246 g/mol. The van der Waals surface area contributed by atoms with Crippen molar-refractivity contribution in [2.24, 2.45) is 0 Å². The van der Waals surface area contributed by atoms with E-state index in [9.17, 15) is 4.79 Å². The van der Waals surface area contributed by atoms with Crippen LogP contribution in [0.3, 0.4) is 0 Å². The smallest absolute Gasteiger partial charge is 0.377 e. The standard InChI is InChI=1S/C13H14N2O3/c1-13(2,3)17-12(16)11-8-10(15-18-11)9-4-6-14-7-5-9/h4-8H,1-3H3. The molecular weight excluding hydrogens is 232 g/mol. The van der Waals surface area contributed by atoms with E-state index in [1.807, 2.05) is 0 Å². The molecule has 2 aromatic rings. The molecule has 0 aromatic carbocycles. The highest BCUT2D eigenvalue weighted by Gasteiger charge is 2.21. The van der Waals surface area contributed by atoms with Crippen LogP contribution in [0.5, 0.6) is 0 Å². The van der Waals surface area contributed by atoms with Crippen molar-refractivity contribution in [2.75, 3.05) is 0 Å². The van der Waals surface area contributed by atoms with Crippen molar-refractivity contribution in [3.05, 3.63) is 36.4 Å². The molecule has 0 aliphatic rings. The van der Waals surface area contributed by atoms with Crippen LogP contribution in [0.25, 0.3) is 11.3 Å². The van der Waals surface area contributed by atoms with E-state index in [2.05, 4.69) is 10.1 Å². The maximum Gasteiger partial charge on any atom is 0.377 e. The molecule has 2 rings (SSSR count). The van der Waals surface area contributed by atoms with Gasteiger partial charge in [-0.1, -0.05) is 5.16 Å².